The summed E-state index contributed by atoms with van der Waals surface area (Å²) in [5.74, 6) is -0.520. The SMILES string of the molecule is NS(=O)(=O)Oc1cccc(Br)c1O. The molecule has 0 saturated carbocycles. The van der Waals surface area contributed by atoms with Crippen LogP contribution in [-0.2, 0) is 10.3 Å². The Labute approximate surface area is 83.5 Å². The van der Waals surface area contributed by atoms with Gasteiger partial charge in [-0.25, -0.2) is 0 Å². The molecule has 0 fully saturated rings. The monoisotopic (exact) mass is 267 g/mol. The predicted octanol–water partition coefficient (Wildman–Crippen LogP) is 0.737. The van der Waals surface area contributed by atoms with Crippen molar-refractivity contribution in [3.63, 3.8) is 0 Å². The van der Waals surface area contributed by atoms with Gasteiger partial charge in [0, 0.05) is 0 Å². The highest BCUT2D eigenvalue weighted by Gasteiger charge is 2.11. The number of phenols is 1. The Bertz CT molecular complexity index is 417. The van der Waals surface area contributed by atoms with Crippen LogP contribution in [0.1, 0.15) is 0 Å². The van der Waals surface area contributed by atoms with Crippen LogP contribution < -0.4 is 9.32 Å². The number of benzene rings is 1. The van der Waals surface area contributed by atoms with E-state index in [0.717, 1.165) is 0 Å². The fourth-order valence-corrected chi connectivity index (χ4v) is 1.42. The molecule has 13 heavy (non-hydrogen) atoms. The number of hydrogen-bond donors (Lipinski definition) is 2. The number of nitrogens with two attached hydrogens (primary N) is 1. The molecule has 1 aromatic rings. The largest absolute Gasteiger partial charge is 0.503 e. The van der Waals surface area contributed by atoms with Crippen LogP contribution in [0.15, 0.2) is 22.7 Å². The second-order valence-electron chi connectivity index (χ2n) is 2.16. The van der Waals surface area contributed by atoms with Gasteiger partial charge in [-0.1, -0.05) is 6.07 Å². The number of phenolic OH excluding ortho intramolecular Hbond substituents is 1. The number of rotatable bonds is 2. The van der Waals surface area contributed by atoms with Crippen LogP contribution in [0.3, 0.4) is 0 Å². The van der Waals surface area contributed by atoms with Gasteiger partial charge < -0.3 is 9.29 Å². The zero-order chi connectivity index (χ0) is 10.1. The van der Waals surface area contributed by atoms with Crippen molar-refractivity contribution in [1.82, 2.24) is 0 Å². The average molecular weight is 268 g/mol. The Hall–Kier alpha value is -0.790. The summed E-state index contributed by atoms with van der Waals surface area (Å²) in [6.45, 7) is 0. The summed E-state index contributed by atoms with van der Waals surface area (Å²) in [6.07, 6.45) is 0. The molecule has 0 aromatic heterocycles. The molecule has 0 atom stereocenters. The van der Waals surface area contributed by atoms with Crippen molar-refractivity contribution in [3.8, 4) is 11.5 Å². The second kappa shape index (κ2) is 3.52. The van der Waals surface area contributed by atoms with E-state index in [1.807, 2.05) is 0 Å². The first-order chi connectivity index (χ1) is 5.90. The Morgan fingerprint density at radius 3 is 2.62 bits per heavy atom. The van der Waals surface area contributed by atoms with Gasteiger partial charge in [0.2, 0.25) is 0 Å². The molecule has 0 aliphatic heterocycles. The Morgan fingerprint density at radius 2 is 2.08 bits per heavy atom. The summed E-state index contributed by atoms with van der Waals surface area (Å²) in [7, 11) is -4.10. The molecule has 3 N–H and O–H groups in total. The lowest BCUT2D eigenvalue weighted by Crippen LogP contribution is -2.18. The van der Waals surface area contributed by atoms with Crippen molar-refractivity contribution in [1.29, 1.82) is 0 Å². The topological polar surface area (TPSA) is 89.6 Å². The third kappa shape index (κ3) is 2.87. The third-order valence-electron chi connectivity index (χ3n) is 1.16. The maximum Gasteiger partial charge on any atom is 0.380 e. The van der Waals surface area contributed by atoms with Gasteiger partial charge in [-0.3, -0.25) is 0 Å². The van der Waals surface area contributed by atoms with Crippen molar-refractivity contribution in [3.05, 3.63) is 22.7 Å². The molecule has 72 valence electrons. The van der Waals surface area contributed by atoms with Gasteiger partial charge in [-0.05, 0) is 28.1 Å². The molecule has 1 aromatic carbocycles. The number of aromatic hydroxyl groups is 1. The normalized spacial score (nSPS) is 11.2. The second-order valence-corrected chi connectivity index (χ2v) is 4.17. The molecule has 0 heterocycles. The van der Waals surface area contributed by atoms with Gasteiger partial charge in [-0.15, -0.1) is 0 Å². The van der Waals surface area contributed by atoms with Crippen LogP contribution in [0, 0.1) is 0 Å². The van der Waals surface area contributed by atoms with Gasteiger partial charge >= 0.3 is 10.3 Å². The minimum atomic E-state index is -4.10. The van der Waals surface area contributed by atoms with Crippen LogP contribution in [-0.4, -0.2) is 13.5 Å². The summed E-state index contributed by atoms with van der Waals surface area (Å²) in [6, 6.07) is 4.32. The van der Waals surface area contributed by atoms with Crippen LogP contribution in [0.2, 0.25) is 0 Å². The Morgan fingerprint density at radius 1 is 1.46 bits per heavy atom. The number of halogens is 1. The highest BCUT2D eigenvalue weighted by molar-refractivity contribution is 9.10. The first kappa shape index (κ1) is 10.3. The van der Waals surface area contributed by atoms with Gasteiger partial charge in [0.1, 0.15) is 0 Å². The molecule has 0 unspecified atom stereocenters. The zero-order valence-corrected chi connectivity index (χ0v) is 8.67. The van der Waals surface area contributed by atoms with E-state index in [4.69, 9.17) is 0 Å². The molecule has 0 aliphatic carbocycles. The molecule has 0 saturated heterocycles. The molecule has 0 amide bonds. The summed E-state index contributed by atoms with van der Waals surface area (Å²) in [5, 5.41) is 13.9. The molecule has 0 spiro atoms. The standard InChI is InChI=1S/C6H6BrNO4S/c7-4-2-1-3-5(6(4)9)12-13(8,10)11/h1-3,9H,(H2,8,10,11). The van der Waals surface area contributed by atoms with Crippen molar-refractivity contribution >= 4 is 26.2 Å². The molecular formula is C6H6BrNO4S. The quantitative estimate of drug-likeness (QED) is 0.827. The first-order valence-corrected chi connectivity index (χ1v) is 5.36. The van der Waals surface area contributed by atoms with Crippen LogP contribution in [0.5, 0.6) is 11.5 Å². The Balaban J connectivity index is 3.10. The summed E-state index contributed by atoms with van der Waals surface area (Å²) in [4.78, 5) is 0. The van der Waals surface area contributed by atoms with E-state index in [1.54, 1.807) is 0 Å². The number of hydrogen-bond acceptors (Lipinski definition) is 4. The highest BCUT2D eigenvalue weighted by atomic mass is 79.9. The molecular weight excluding hydrogens is 262 g/mol. The molecule has 7 heteroatoms. The first-order valence-electron chi connectivity index (χ1n) is 3.10. The molecule has 0 radical (unpaired) electrons. The average Bonchev–Trinajstić information content (AvgIpc) is 1.96. The van der Waals surface area contributed by atoms with E-state index >= 15 is 0 Å². The lowest BCUT2D eigenvalue weighted by molar-refractivity contribution is 0.426. The van der Waals surface area contributed by atoms with E-state index in [0.29, 0.717) is 4.47 Å². The molecule has 5 nitrogen and oxygen atoms in total. The van der Waals surface area contributed by atoms with Crippen molar-refractivity contribution in [2.45, 2.75) is 0 Å². The van der Waals surface area contributed by atoms with Gasteiger partial charge in [0.15, 0.2) is 11.5 Å². The summed E-state index contributed by atoms with van der Waals surface area (Å²) < 4.78 is 25.6. The Kier molecular flexibility index (Phi) is 2.79. The molecule has 0 bridgehead atoms. The van der Waals surface area contributed by atoms with E-state index in [1.165, 1.54) is 18.2 Å². The maximum atomic E-state index is 10.5. The van der Waals surface area contributed by atoms with Gasteiger partial charge in [0.05, 0.1) is 4.47 Å². The minimum absolute atomic E-state index is 0.211. The lowest BCUT2D eigenvalue weighted by Gasteiger charge is -2.04. The lowest BCUT2D eigenvalue weighted by atomic mass is 10.3. The smallest absolute Gasteiger partial charge is 0.380 e. The maximum absolute atomic E-state index is 10.5. The predicted molar refractivity (Wildman–Crippen MR) is 49.5 cm³/mol. The number of para-hydroxylation sites is 1. The molecule has 1 rings (SSSR count). The van der Waals surface area contributed by atoms with Crippen LogP contribution in [0.4, 0.5) is 0 Å². The van der Waals surface area contributed by atoms with Crippen molar-refractivity contribution < 1.29 is 17.7 Å². The summed E-state index contributed by atoms with van der Waals surface area (Å²) in [5.41, 5.74) is 0. The third-order valence-corrected chi connectivity index (χ3v) is 2.21. The fourth-order valence-electron chi connectivity index (χ4n) is 0.688. The molecule has 0 aliphatic rings. The van der Waals surface area contributed by atoms with Crippen molar-refractivity contribution in [2.75, 3.05) is 0 Å². The van der Waals surface area contributed by atoms with E-state index < -0.39 is 10.3 Å². The van der Waals surface area contributed by atoms with Gasteiger partial charge in [-0.2, -0.15) is 13.6 Å². The van der Waals surface area contributed by atoms with Crippen LogP contribution >= 0.6 is 15.9 Å². The minimum Gasteiger partial charge on any atom is -0.503 e. The van der Waals surface area contributed by atoms with E-state index in [2.05, 4.69) is 25.3 Å². The summed E-state index contributed by atoms with van der Waals surface area (Å²) >= 11 is 2.99. The van der Waals surface area contributed by atoms with E-state index in [-0.39, 0.29) is 11.5 Å². The van der Waals surface area contributed by atoms with Crippen LogP contribution in [0.25, 0.3) is 0 Å². The van der Waals surface area contributed by atoms with Crippen molar-refractivity contribution in [2.24, 2.45) is 5.14 Å². The fraction of sp³-hybridized carbons (Fsp3) is 0. The van der Waals surface area contributed by atoms with Gasteiger partial charge in [0.25, 0.3) is 0 Å². The van der Waals surface area contributed by atoms with E-state index in [9.17, 15) is 13.5 Å². The zero-order valence-electron chi connectivity index (χ0n) is 6.27. The highest BCUT2D eigenvalue weighted by Crippen LogP contribution is 2.33.